The Hall–Kier alpha value is -0.790. The van der Waals surface area contributed by atoms with E-state index in [9.17, 15) is 0 Å². The summed E-state index contributed by atoms with van der Waals surface area (Å²) in [5.74, 6) is 0.821. The molecule has 62 valence electrons. The van der Waals surface area contributed by atoms with Crippen molar-refractivity contribution in [2.45, 2.75) is 33.1 Å². The summed E-state index contributed by atoms with van der Waals surface area (Å²) in [5, 5.41) is 6.71. The first-order valence-corrected chi connectivity index (χ1v) is 4.26. The maximum Gasteiger partial charge on any atom is 0.0519 e. The van der Waals surface area contributed by atoms with E-state index in [1.165, 1.54) is 18.4 Å². The third-order valence-corrected chi connectivity index (χ3v) is 1.80. The van der Waals surface area contributed by atoms with Crippen LogP contribution in [-0.4, -0.2) is 10.2 Å². The summed E-state index contributed by atoms with van der Waals surface area (Å²) in [6.07, 6.45) is 7.62. The number of aromatic amines is 1. The van der Waals surface area contributed by atoms with Crippen molar-refractivity contribution in [3.63, 3.8) is 0 Å². The largest absolute Gasteiger partial charge is 0.285 e. The molecule has 0 spiro atoms. The van der Waals surface area contributed by atoms with Gasteiger partial charge in [0.15, 0.2) is 0 Å². The van der Waals surface area contributed by atoms with E-state index in [0.717, 1.165) is 12.3 Å². The van der Waals surface area contributed by atoms with Gasteiger partial charge in [-0.05, 0) is 24.3 Å². The first kappa shape index (κ1) is 8.31. The molecule has 0 bridgehead atoms. The summed E-state index contributed by atoms with van der Waals surface area (Å²) in [6.45, 7) is 4.52. The molecule has 2 nitrogen and oxygen atoms in total. The summed E-state index contributed by atoms with van der Waals surface area (Å²) < 4.78 is 0. The Morgan fingerprint density at radius 2 is 2.36 bits per heavy atom. The molecule has 0 saturated carbocycles. The zero-order valence-electron chi connectivity index (χ0n) is 7.30. The van der Waals surface area contributed by atoms with Crippen molar-refractivity contribution in [1.29, 1.82) is 0 Å². The van der Waals surface area contributed by atoms with Crippen molar-refractivity contribution in [3.05, 3.63) is 18.0 Å². The van der Waals surface area contributed by atoms with Crippen molar-refractivity contribution >= 4 is 0 Å². The van der Waals surface area contributed by atoms with E-state index in [2.05, 4.69) is 24.0 Å². The number of nitrogens with one attached hydrogen (secondary N) is 1. The van der Waals surface area contributed by atoms with Gasteiger partial charge in [-0.3, -0.25) is 5.10 Å². The topological polar surface area (TPSA) is 28.7 Å². The van der Waals surface area contributed by atoms with Crippen LogP contribution in [0.2, 0.25) is 0 Å². The average molecular weight is 152 g/mol. The maximum absolute atomic E-state index is 3.89. The molecule has 0 atom stereocenters. The number of aromatic nitrogens is 2. The van der Waals surface area contributed by atoms with Crippen molar-refractivity contribution in [2.24, 2.45) is 5.92 Å². The zero-order chi connectivity index (χ0) is 8.10. The fourth-order valence-electron chi connectivity index (χ4n) is 1.13. The molecule has 0 aliphatic heterocycles. The van der Waals surface area contributed by atoms with Crippen molar-refractivity contribution in [3.8, 4) is 0 Å². The Labute approximate surface area is 68.0 Å². The number of rotatable bonds is 4. The Bertz CT molecular complexity index is 177. The Morgan fingerprint density at radius 1 is 1.55 bits per heavy atom. The molecular weight excluding hydrogens is 136 g/mol. The second-order valence-electron chi connectivity index (χ2n) is 3.39. The van der Waals surface area contributed by atoms with Gasteiger partial charge in [-0.25, -0.2) is 0 Å². The Balaban J connectivity index is 2.14. The molecular formula is C9H16N2. The van der Waals surface area contributed by atoms with E-state index in [1.807, 2.05) is 12.4 Å². The standard InChI is InChI=1S/C9H16N2/c1-8(2)4-3-5-9-6-10-11-7-9/h6-8H,3-5H2,1-2H3,(H,10,11). The summed E-state index contributed by atoms with van der Waals surface area (Å²) >= 11 is 0. The molecule has 0 unspecified atom stereocenters. The van der Waals surface area contributed by atoms with Crippen LogP contribution in [0.25, 0.3) is 0 Å². The van der Waals surface area contributed by atoms with Gasteiger partial charge >= 0.3 is 0 Å². The fourth-order valence-corrected chi connectivity index (χ4v) is 1.13. The number of H-pyrrole nitrogens is 1. The van der Waals surface area contributed by atoms with Crippen LogP contribution in [0.4, 0.5) is 0 Å². The van der Waals surface area contributed by atoms with Crippen LogP contribution in [0.3, 0.4) is 0 Å². The van der Waals surface area contributed by atoms with Crippen LogP contribution in [0.1, 0.15) is 32.3 Å². The van der Waals surface area contributed by atoms with Crippen molar-refractivity contribution < 1.29 is 0 Å². The Morgan fingerprint density at radius 3 is 2.91 bits per heavy atom. The van der Waals surface area contributed by atoms with Crippen LogP contribution in [-0.2, 0) is 6.42 Å². The first-order chi connectivity index (χ1) is 5.29. The molecule has 11 heavy (non-hydrogen) atoms. The van der Waals surface area contributed by atoms with E-state index >= 15 is 0 Å². The van der Waals surface area contributed by atoms with Gasteiger partial charge in [0.05, 0.1) is 6.20 Å². The highest BCUT2D eigenvalue weighted by molar-refractivity contribution is 5.01. The number of nitrogens with zero attached hydrogens (tertiary/aromatic N) is 1. The number of hydrogen-bond donors (Lipinski definition) is 1. The van der Waals surface area contributed by atoms with Crippen LogP contribution in [0, 0.1) is 5.92 Å². The molecule has 2 heteroatoms. The molecule has 1 N–H and O–H groups in total. The molecule has 1 aromatic rings. The van der Waals surface area contributed by atoms with Gasteiger partial charge in [0.1, 0.15) is 0 Å². The summed E-state index contributed by atoms with van der Waals surface area (Å²) in [4.78, 5) is 0. The molecule has 0 aliphatic carbocycles. The van der Waals surface area contributed by atoms with Gasteiger partial charge < -0.3 is 0 Å². The van der Waals surface area contributed by atoms with E-state index < -0.39 is 0 Å². The third kappa shape index (κ3) is 3.21. The second kappa shape index (κ2) is 4.16. The first-order valence-electron chi connectivity index (χ1n) is 4.26. The van der Waals surface area contributed by atoms with Crippen LogP contribution >= 0.6 is 0 Å². The monoisotopic (exact) mass is 152 g/mol. The number of aryl methyl sites for hydroxylation is 1. The highest BCUT2D eigenvalue weighted by Crippen LogP contribution is 2.07. The minimum Gasteiger partial charge on any atom is -0.285 e. The van der Waals surface area contributed by atoms with Gasteiger partial charge in [0, 0.05) is 6.20 Å². The van der Waals surface area contributed by atoms with E-state index in [0.29, 0.717) is 0 Å². The summed E-state index contributed by atoms with van der Waals surface area (Å²) in [7, 11) is 0. The lowest BCUT2D eigenvalue weighted by atomic mass is 10.0. The summed E-state index contributed by atoms with van der Waals surface area (Å²) in [6, 6.07) is 0. The highest BCUT2D eigenvalue weighted by Gasteiger charge is 1.96. The normalized spacial score (nSPS) is 10.8. The lowest BCUT2D eigenvalue weighted by molar-refractivity contribution is 0.556. The third-order valence-electron chi connectivity index (χ3n) is 1.80. The molecule has 0 radical (unpaired) electrons. The predicted octanol–water partition coefficient (Wildman–Crippen LogP) is 2.39. The zero-order valence-corrected chi connectivity index (χ0v) is 7.30. The lowest BCUT2D eigenvalue weighted by Gasteiger charge is -2.01. The van der Waals surface area contributed by atoms with Gasteiger partial charge in [-0.2, -0.15) is 5.10 Å². The molecule has 1 heterocycles. The van der Waals surface area contributed by atoms with Crippen molar-refractivity contribution in [1.82, 2.24) is 10.2 Å². The van der Waals surface area contributed by atoms with E-state index in [4.69, 9.17) is 0 Å². The molecule has 0 aliphatic rings. The summed E-state index contributed by atoms with van der Waals surface area (Å²) in [5.41, 5.74) is 1.32. The van der Waals surface area contributed by atoms with Crippen molar-refractivity contribution in [2.75, 3.05) is 0 Å². The molecule has 1 aromatic heterocycles. The highest BCUT2D eigenvalue weighted by atomic mass is 15.1. The van der Waals surface area contributed by atoms with Gasteiger partial charge in [0.25, 0.3) is 0 Å². The van der Waals surface area contributed by atoms with E-state index in [1.54, 1.807) is 0 Å². The van der Waals surface area contributed by atoms with Gasteiger partial charge in [-0.1, -0.05) is 20.3 Å². The number of hydrogen-bond acceptors (Lipinski definition) is 1. The lowest BCUT2D eigenvalue weighted by Crippen LogP contribution is -1.89. The van der Waals surface area contributed by atoms with Crippen LogP contribution in [0.5, 0.6) is 0 Å². The SMILES string of the molecule is CC(C)CCCc1cn[nH]c1. The maximum atomic E-state index is 3.89. The molecule has 0 fully saturated rings. The van der Waals surface area contributed by atoms with Crippen LogP contribution in [0.15, 0.2) is 12.4 Å². The van der Waals surface area contributed by atoms with Gasteiger partial charge in [-0.15, -0.1) is 0 Å². The average Bonchev–Trinajstić information content (AvgIpc) is 2.39. The Kier molecular flexibility index (Phi) is 3.14. The molecule has 0 amide bonds. The quantitative estimate of drug-likeness (QED) is 0.705. The van der Waals surface area contributed by atoms with Gasteiger partial charge in [0.2, 0.25) is 0 Å². The minimum atomic E-state index is 0.821. The van der Waals surface area contributed by atoms with Crippen LogP contribution < -0.4 is 0 Å². The second-order valence-corrected chi connectivity index (χ2v) is 3.39. The predicted molar refractivity (Wildman–Crippen MR) is 46.4 cm³/mol. The van der Waals surface area contributed by atoms with E-state index in [-0.39, 0.29) is 0 Å². The molecule has 0 aromatic carbocycles. The fraction of sp³-hybridized carbons (Fsp3) is 0.667. The molecule has 0 saturated heterocycles. The minimum absolute atomic E-state index is 0.821. The molecule has 1 rings (SSSR count). The smallest absolute Gasteiger partial charge is 0.0519 e.